The Morgan fingerprint density at radius 2 is 1.91 bits per heavy atom. The zero-order chi connectivity index (χ0) is 17.1. The first-order chi connectivity index (χ1) is 11.0. The van der Waals surface area contributed by atoms with Gasteiger partial charge in [-0.05, 0) is 18.1 Å². The topological polar surface area (TPSA) is 56.7 Å². The van der Waals surface area contributed by atoms with Crippen molar-refractivity contribution in [1.29, 1.82) is 0 Å². The predicted molar refractivity (Wildman–Crippen MR) is 99.0 cm³/mol. The van der Waals surface area contributed by atoms with Gasteiger partial charge in [0.15, 0.2) is 5.96 Å². The zero-order valence-electron chi connectivity index (χ0n) is 14.5. The molecule has 0 aliphatic rings. The van der Waals surface area contributed by atoms with Crippen LogP contribution >= 0.6 is 11.8 Å². The van der Waals surface area contributed by atoms with Crippen LogP contribution in [0, 0.1) is 5.92 Å². The second-order valence-electron chi connectivity index (χ2n) is 5.82. The lowest BCUT2D eigenvalue weighted by Crippen LogP contribution is -2.41. The number of hydrogen-bond acceptors (Lipinski definition) is 3. The van der Waals surface area contributed by atoms with E-state index in [2.05, 4.69) is 41.6 Å². The van der Waals surface area contributed by atoms with Crippen molar-refractivity contribution in [2.24, 2.45) is 10.9 Å². The van der Waals surface area contributed by atoms with Crippen LogP contribution in [0.5, 0.6) is 0 Å². The predicted octanol–water partition coefficient (Wildman–Crippen LogP) is 2.06. The number of nitrogens with zero attached hydrogens (tertiary/aromatic N) is 2. The summed E-state index contributed by atoms with van der Waals surface area (Å²) in [5, 5.41) is 6.56. The Morgan fingerprint density at radius 3 is 2.52 bits per heavy atom. The number of carbonyl (C=O) groups is 1. The molecule has 2 N–H and O–H groups in total. The van der Waals surface area contributed by atoms with Crippen LogP contribution < -0.4 is 10.6 Å². The third kappa shape index (κ3) is 9.13. The molecule has 0 heterocycles. The average Bonchev–Trinajstić information content (AvgIpc) is 2.53. The fourth-order valence-corrected chi connectivity index (χ4v) is 2.41. The van der Waals surface area contributed by atoms with Crippen molar-refractivity contribution < 1.29 is 4.79 Å². The summed E-state index contributed by atoms with van der Waals surface area (Å²) >= 11 is 1.80. The van der Waals surface area contributed by atoms with Gasteiger partial charge >= 0.3 is 0 Å². The second kappa shape index (κ2) is 10.9. The molecule has 1 aromatic rings. The molecular formula is C17H28N4OS. The first kappa shape index (κ1) is 19.4. The van der Waals surface area contributed by atoms with Crippen molar-refractivity contribution in [3.63, 3.8) is 0 Å². The highest BCUT2D eigenvalue weighted by Gasteiger charge is 2.05. The Kier molecular flexibility index (Phi) is 9.21. The van der Waals surface area contributed by atoms with Crippen LogP contribution in [-0.2, 0) is 4.79 Å². The molecule has 23 heavy (non-hydrogen) atoms. The largest absolute Gasteiger partial charge is 0.356 e. The maximum atomic E-state index is 11.7. The van der Waals surface area contributed by atoms with Crippen LogP contribution in [-0.4, -0.2) is 56.2 Å². The van der Waals surface area contributed by atoms with Crippen LogP contribution in [0.3, 0.4) is 0 Å². The van der Waals surface area contributed by atoms with Gasteiger partial charge in [-0.2, -0.15) is 0 Å². The van der Waals surface area contributed by atoms with Gasteiger partial charge in [0.2, 0.25) is 5.91 Å². The number of aliphatic imine (C=N–C) groups is 1. The molecular weight excluding hydrogens is 308 g/mol. The van der Waals surface area contributed by atoms with E-state index < -0.39 is 0 Å². The summed E-state index contributed by atoms with van der Waals surface area (Å²) in [4.78, 5) is 18.8. The number of rotatable bonds is 8. The van der Waals surface area contributed by atoms with Crippen LogP contribution in [0.4, 0.5) is 0 Å². The molecule has 1 aromatic carbocycles. The lowest BCUT2D eigenvalue weighted by Gasteiger charge is -2.15. The van der Waals surface area contributed by atoms with Gasteiger partial charge in [-0.15, -0.1) is 11.8 Å². The summed E-state index contributed by atoms with van der Waals surface area (Å²) in [7, 11) is 3.48. The summed E-state index contributed by atoms with van der Waals surface area (Å²) in [5.41, 5.74) is 0. The Morgan fingerprint density at radius 1 is 1.22 bits per heavy atom. The minimum Gasteiger partial charge on any atom is -0.356 e. The highest BCUT2D eigenvalue weighted by Crippen LogP contribution is 2.15. The molecule has 0 aromatic heterocycles. The van der Waals surface area contributed by atoms with Crippen molar-refractivity contribution in [3.05, 3.63) is 30.3 Å². The molecule has 1 amide bonds. The van der Waals surface area contributed by atoms with E-state index in [1.165, 1.54) is 4.90 Å². The maximum Gasteiger partial charge on any atom is 0.243 e. The molecule has 128 valence electrons. The summed E-state index contributed by atoms with van der Waals surface area (Å²) in [6.07, 6.45) is 0. The number of benzene rings is 1. The first-order valence-electron chi connectivity index (χ1n) is 7.89. The Bertz CT molecular complexity index is 489. The van der Waals surface area contributed by atoms with Crippen LogP contribution in [0.25, 0.3) is 0 Å². The number of nitrogens with one attached hydrogen (secondary N) is 2. The highest BCUT2D eigenvalue weighted by molar-refractivity contribution is 7.99. The Balaban J connectivity index is 2.42. The number of likely N-dealkylation sites (N-methyl/N-ethyl adjacent to an activating group) is 1. The lowest BCUT2D eigenvalue weighted by molar-refractivity contribution is -0.127. The highest BCUT2D eigenvalue weighted by atomic mass is 32.2. The van der Waals surface area contributed by atoms with E-state index in [1.807, 2.05) is 18.2 Å². The average molecular weight is 337 g/mol. The number of carbonyl (C=O) groups excluding carboxylic acids is 1. The lowest BCUT2D eigenvalue weighted by atomic mass is 10.2. The van der Waals surface area contributed by atoms with E-state index in [0.29, 0.717) is 11.9 Å². The Hall–Kier alpha value is -1.69. The molecule has 0 aliphatic carbocycles. The second-order valence-corrected chi connectivity index (χ2v) is 6.98. The van der Waals surface area contributed by atoms with Crippen molar-refractivity contribution >= 4 is 23.6 Å². The van der Waals surface area contributed by atoms with Crippen LogP contribution in [0.2, 0.25) is 0 Å². The Labute approximate surface area is 143 Å². The minimum atomic E-state index is -0.00527. The summed E-state index contributed by atoms with van der Waals surface area (Å²) < 4.78 is 0. The van der Waals surface area contributed by atoms with Crippen molar-refractivity contribution in [3.8, 4) is 0 Å². The zero-order valence-corrected chi connectivity index (χ0v) is 15.3. The van der Waals surface area contributed by atoms with Gasteiger partial charge in [-0.3, -0.25) is 4.79 Å². The minimum absolute atomic E-state index is 0.00527. The molecule has 0 atom stereocenters. The molecule has 0 aliphatic heterocycles. The van der Waals surface area contributed by atoms with Gasteiger partial charge in [-0.1, -0.05) is 32.0 Å². The summed E-state index contributed by atoms with van der Waals surface area (Å²) in [5.74, 6) is 2.15. The van der Waals surface area contributed by atoms with Gasteiger partial charge in [0.1, 0.15) is 6.54 Å². The molecule has 0 saturated heterocycles. The summed E-state index contributed by atoms with van der Waals surface area (Å²) in [6, 6.07) is 10.3. The number of hydrogen-bond donors (Lipinski definition) is 2. The van der Waals surface area contributed by atoms with E-state index in [4.69, 9.17) is 0 Å². The fourth-order valence-electron chi connectivity index (χ4n) is 1.62. The van der Waals surface area contributed by atoms with Gasteiger partial charge in [-0.25, -0.2) is 4.99 Å². The van der Waals surface area contributed by atoms with Gasteiger partial charge in [0.25, 0.3) is 0 Å². The van der Waals surface area contributed by atoms with Crippen LogP contribution in [0.1, 0.15) is 13.8 Å². The van der Waals surface area contributed by atoms with E-state index >= 15 is 0 Å². The van der Waals surface area contributed by atoms with E-state index in [0.717, 1.165) is 18.8 Å². The quantitative estimate of drug-likeness (QED) is 0.330. The molecule has 1 rings (SSSR count). The van der Waals surface area contributed by atoms with Crippen molar-refractivity contribution in [2.75, 3.05) is 39.5 Å². The molecule has 0 bridgehead atoms. The first-order valence-corrected chi connectivity index (χ1v) is 8.87. The van der Waals surface area contributed by atoms with Gasteiger partial charge in [0, 0.05) is 37.8 Å². The smallest absolute Gasteiger partial charge is 0.243 e. The number of guanidine groups is 1. The van der Waals surface area contributed by atoms with Gasteiger partial charge < -0.3 is 15.5 Å². The van der Waals surface area contributed by atoms with Gasteiger partial charge in [0.05, 0.1) is 0 Å². The SMILES string of the molecule is CC(C)CNC(=NCC(=O)N(C)C)NCCSc1ccccc1. The van der Waals surface area contributed by atoms with E-state index in [1.54, 1.807) is 30.8 Å². The molecule has 0 fully saturated rings. The normalized spacial score (nSPS) is 11.4. The fraction of sp³-hybridized carbons (Fsp3) is 0.529. The molecule has 0 unspecified atom stereocenters. The molecule has 0 spiro atoms. The van der Waals surface area contributed by atoms with E-state index in [-0.39, 0.29) is 12.5 Å². The molecule has 5 nitrogen and oxygen atoms in total. The molecule has 6 heteroatoms. The molecule has 0 radical (unpaired) electrons. The monoisotopic (exact) mass is 336 g/mol. The van der Waals surface area contributed by atoms with Crippen molar-refractivity contribution in [2.45, 2.75) is 18.7 Å². The van der Waals surface area contributed by atoms with E-state index in [9.17, 15) is 4.79 Å². The third-order valence-corrected chi connectivity index (χ3v) is 3.97. The number of amides is 1. The van der Waals surface area contributed by atoms with Crippen molar-refractivity contribution in [1.82, 2.24) is 15.5 Å². The standard InChI is InChI=1S/C17H28N4OS/c1-14(2)12-19-17(20-13-16(22)21(3)4)18-10-11-23-15-8-6-5-7-9-15/h5-9,14H,10-13H2,1-4H3,(H2,18,19,20). The maximum absolute atomic E-state index is 11.7. The molecule has 0 saturated carbocycles. The summed E-state index contributed by atoms with van der Waals surface area (Å²) in [6.45, 7) is 6.06. The third-order valence-electron chi connectivity index (χ3n) is 2.96. The van der Waals surface area contributed by atoms with Crippen LogP contribution in [0.15, 0.2) is 40.2 Å². The number of thioether (sulfide) groups is 1.